The van der Waals surface area contributed by atoms with Gasteiger partial charge in [-0.3, -0.25) is 4.79 Å². The van der Waals surface area contributed by atoms with E-state index < -0.39 is 0 Å². The highest BCUT2D eigenvalue weighted by atomic mass is 16.5. The third-order valence-electron chi connectivity index (χ3n) is 4.64. The quantitative estimate of drug-likeness (QED) is 0.500. The lowest BCUT2D eigenvalue weighted by molar-refractivity contribution is 0.0785. The van der Waals surface area contributed by atoms with Crippen molar-refractivity contribution in [3.05, 3.63) is 65.2 Å². The molecular formula is C23H29N3O2. The Morgan fingerprint density at radius 3 is 2.46 bits per heavy atom. The van der Waals surface area contributed by atoms with E-state index in [0.717, 1.165) is 34.7 Å². The molecule has 2 aromatic rings. The van der Waals surface area contributed by atoms with Gasteiger partial charge in [0, 0.05) is 32.7 Å². The number of rotatable bonds is 8. The average Bonchev–Trinajstić information content (AvgIpc) is 2.72. The van der Waals surface area contributed by atoms with E-state index in [1.807, 2.05) is 55.3 Å². The first-order valence-electron chi connectivity index (χ1n) is 9.29. The fourth-order valence-corrected chi connectivity index (χ4v) is 2.73. The van der Waals surface area contributed by atoms with Gasteiger partial charge in [0.2, 0.25) is 0 Å². The lowest BCUT2D eigenvalue weighted by atomic mass is 10.0. The van der Waals surface area contributed by atoms with Crippen molar-refractivity contribution in [2.45, 2.75) is 20.4 Å². The third kappa shape index (κ3) is 5.22. The summed E-state index contributed by atoms with van der Waals surface area (Å²) < 4.78 is 5.18. The highest BCUT2D eigenvalue weighted by molar-refractivity contribution is 5.98. The second kappa shape index (κ2) is 9.74. The lowest BCUT2D eigenvalue weighted by Crippen LogP contribution is -2.27. The summed E-state index contributed by atoms with van der Waals surface area (Å²) in [6, 6.07) is 11.5. The van der Waals surface area contributed by atoms with Crippen LogP contribution in [0.25, 0.3) is 6.08 Å². The van der Waals surface area contributed by atoms with E-state index in [2.05, 4.69) is 18.5 Å². The van der Waals surface area contributed by atoms with Crippen molar-refractivity contribution in [1.82, 2.24) is 9.80 Å². The number of ether oxygens (including phenoxy) is 1. The zero-order chi connectivity index (χ0) is 20.7. The summed E-state index contributed by atoms with van der Waals surface area (Å²) >= 11 is 0. The number of nitrogens with zero attached hydrogens (tertiary/aromatic N) is 3. The number of aliphatic imine (C=N–C) groups is 1. The number of carbonyl (C=O) groups is 1. The van der Waals surface area contributed by atoms with Crippen LogP contribution in [-0.2, 0) is 6.54 Å². The summed E-state index contributed by atoms with van der Waals surface area (Å²) in [7, 11) is 5.41. The van der Waals surface area contributed by atoms with Crippen LogP contribution in [0.4, 0.5) is 5.69 Å². The first-order chi connectivity index (χ1) is 13.4. The van der Waals surface area contributed by atoms with Gasteiger partial charge in [-0.1, -0.05) is 24.8 Å². The fraction of sp³-hybridized carbons (Fsp3) is 0.304. The van der Waals surface area contributed by atoms with Gasteiger partial charge < -0.3 is 14.5 Å². The molecule has 0 radical (unpaired) electrons. The Balaban J connectivity index is 2.24. The number of benzene rings is 2. The van der Waals surface area contributed by atoms with Crippen molar-refractivity contribution in [2.75, 3.05) is 27.7 Å². The average molecular weight is 380 g/mol. The van der Waals surface area contributed by atoms with Crippen LogP contribution >= 0.6 is 0 Å². The lowest BCUT2D eigenvalue weighted by Gasteiger charge is -2.20. The Bertz CT molecular complexity index is 857. The molecule has 0 fully saturated rings. The van der Waals surface area contributed by atoms with Gasteiger partial charge in [-0.05, 0) is 54.8 Å². The highest BCUT2D eigenvalue weighted by Gasteiger charge is 2.17. The molecule has 2 aromatic carbocycles. The summed E-state index contributed by atoms with van der Waals surface area (Å²) in [5, 5.41) is 0. The molecule has 28 heavy (non-hydrogen) atoms. The summed E-state index contributed by atoms with van der Waals surface area (Å²) in [5.74, 6) is 0.752. The van der Waals surface area contributed by atoms with Crippen LogP contribution < -0.4 is 4.74 Å². The van der Waals surface area contributed by atoms with Crippen molar-refractivity contribution < 1.29 is 9.53 Å². The van der Waals surface area contributed by atoms with Gasteiger partial charge in [0.05, 0.1) is 19.1 Å². The maximum absolute atomic E-state index is 13.0. The smallest absolute Gasteiger partial charge is 0.254 e. The number of hydrogen-bond donors (Lipinski definition) is 0. The topological polar surface area (TPSA) is 45.1 Å². The second-order valence-electron chi connectivity index (χ2n) is 6.76. The monoisotopic (exact) mass is 379 g/mol. The largest absolute Gasteiger partial charge is 0.497 e. The minimum atomic E-state index is -0.0463. The molecule has 148 valence electrons. The molecule has 0 unspecified atom stereocenters. The van der Waals surface area contributed by atoms with Crippen LogP contribution in [0, 0.1) is 6.92 Å². The van der Waals surface area contributed by atoms with Crippen LogP contribution in [0.3, 0.4) is 0 Å². The molecule has 0 aliphatic carbocycles. The number of methoxy groups -OCH3 is 1. The number of amides is 1. The summed E-state index contributed by atoms with van der Waals surface area (Å²) in [4.78, 5) is 21.3. The Morgan fingerprint density at radius 1 is 1.21 bits per heavy atom. The van der Waals surface area contributed by atoms with Gasteiger partial charge >= 0.3 is 0 Å². The Morgan fingerprint density at radius 2 is 1.89 bits per heavy atom. The maximum Gasteiger partial charge on any atom is 0.254 e. The third-order valence-corrected chi connectivity index (χ3v) is 4.64. The molecule has 1 amide bonds. The van der Waals surface area contributed by atoms with Crippen molar-refractivity contribution >= 4 is 24.0 Å². The fourth-order valence-electron chi connectivity index (χ4n) is 2.73. The van der Waals surface area contributed by atoms with E-state index in [0.29, 0.717) is 12.1 Å². The molecular weight excluding hydrogens is 350 g/mol. The molecule has 0 saturated carbocycles. The zero-order valence-corrected chi connectivity index (χ0v) is 17.4. The van der Waals surface area contributed by atoms with E-state index in [-0.39, 0.29) is 5.91 Å². The molecule has 0 aliphatic heterocycles. The van der Waals surface area contributed by atoms with Crippen LogP contribution in [0.15, 0.2) is 48.0 Å². The molecule has 0 atom stereocenters. The Labute approximate surface area is 168 Å². The minimum absolute atomic E-state index is 0.0463. The molecule has 0 aromatic heterocycles. The standard InChI is InChI=1S/C23H29N3O2/c1-7-19-14-22(24-16-25(4)8-2)17(3)13-21(19)23(27)26(5)15-18-9-11-20(28-6)12-10-18/h7,9-14,16H,1,8,15H2,2-6H3. The summed E-state index contributed by atoms with van der Waals surface area (Å²) in [5.41, 5.74) is 4.24. The van der Waals surface area contributed by atoms with Gasteiger partial charge in [0.1, 0.15) is 5.75 Å². The van der Waals surface area contributed by atoms with E-state index in [9.17, 15) is 4.79 Å². The molecule has 0 aliphatic rings. The van der Waals surface area contributed by atoms with Gasteiger partial charge in [0.15, 0.2) is 0 Å². The van der Waals surface area contributed by atoms with Crippen molar-refractivity contribution in [1.29, 1.82) is 0 Å². The number of hydrogen-bond acceptors (Lipinski definition) is 3. The second-order valence-corrected chi connectivity index (χ2v) is 6.76. The molecule has 5 heteroatoms. The molecule has 0 heterocycles. The summed E-state index contributed by atoms with van der Waals surface area (Å²) in [6.45, 7) is 9.29. The molecule has 0 N–H and O–H groups in total. The molecule has 0 bridgehead atoms. The van der Waals surface area contributed by atoms with Gasteiger partial charge in [-0.2, -0.15) is 0 Å². The molecule has 5 nitrogen and oxygen atoms in total. The Kier molecular flexibility index (Phi) is 7.38. The zero-order valence-electron chi connectivity index (χ0n) is 17.4. The number of aryl methyl sites for hydroxylation is 1. The van der Waals surface area contributed by atoms with Crippen LogP contribution in [0.5, 0.6) is 5.75 Å². The van der Waals surface area contributed by atoms with Crippen LogP contribution in [0.1, 0.15) is 34.0 Å². The first-order valence-corrected chi connectivity index (χ1v) is 9.29. The van der Waals surface area contributed by atoms with E-state index >= 15 is 0 Å². The maximum atomic E-state index is 13.0. The minimum Gasteiger partial charge on any atom is -0.497 e. The van der Waals surface area contributed by atoms with Crippen molar-refractivity contribution in [2.24, 2.45) is 4.99 Å². The van der Waals surface area contributed by atoms with Gasteiger partial charge in [-0.15, -0.1) is 0 Å². The molecule has 0 spiro atoms. The van der Waals surface area contributed by atoms with Gasteiger partial charge in [-0.25, -0.2) is 4.99 Å². The van der Waals surface area contributed by atoms with E-state index in [4.69, 9.17) is 4.74 Å². The Hall–Kier alpha value is -3.08. The van der Waals surface area contributed by atoms with Gasteiger partial charge in [0.25, 0.3) is 5.91 Å². The predicted molar refractivity (Wildman–Crippen MR) is 117 cm³/mol. The SMILES string of the molecule is C=Cc1cc(N=CN(C)CC)c(C)cc1C(=O)N(C)Cc1ccc(OC)cc1. The molecule has 2 rings (SSSR count). The van der Waals surface area contributed by atoms with E-state index in [1.165, 1.54) is 0 Å². The van der Waals surface area contributed by atoms with Crippen molar-refractivity contribution in [3.63, 3.8) is 0 Å². The van der Waals surface area contributed by atoms with E-state index in [1.54, 1.807) is 31.5 Å². The number of carbonyl (C=O) groups excluding carboxylic acids is 1. The normalized spacial score (nSPS) is 10.8. The predicted octanol–water partition coefficient (Wildman–Crippen LogP) is 4.53. The summed E-state index contributed by atoms with van der Waals surface area (Å²) in [6.07, 6.45) is 3.50. The highest BCUT2D eigenvalue weighted by Crippen LogP contribution is 2.26. The first kappa shape index (κ1) is 21.2. The molecule has 0 saturated heterocycles. The van der Waals surface area contributed by atoms with Crippen molar-refractivity contribution in [3.8, 4) is 5.75 Å². The van der Waals surface area contributed by atoms with Crippen LogP contribution in [0.2, 0.25) is 0 Å². The van der Waals surface area contributed by atoms with Crippen LogP contribution in [-0.4, -0.2) is 49.8 Å².